The van der Waals surface area contributed by atoms with Gasteiger partial charge < -0.3 is 14.2 Å². The number of methoxy groups -OCH3 is 1. The van der Waals surface area contributed by atoms with Crippen LogP contribution in [0.15, 0.2) is 12.1 Å². The molecule has 1 aromatic carbocycles. The third-order valence-electron chi connectivity index (χ3n) is 1.99. The highest BCUT2D eigenvalue weighted by Gasteiger charge is 2.17. The number of rotatable bonds is 1. The Hall–Kier alpha value is -1.82. The molecule has 0 saturated carbocycles. The highest BCUT2D eigenvalue weighted by atomic mass is 16.6. The van der Waals surface area contributed by atoms with Gasteiger partial charge in [-0.15, -0.1) is 6.42 Å². The molecule has 0 bridgehead atoms. The third-order valence-corrected chi connectivity index (χ3v) is 1.99. The second-order valence-electron chi connectivity index (χ2n) is 2.85. The van der Waals surface area contributed by atoms with Crippen LogP contribution >= 0.6 is 0 Å². The monoisotopic (exact) mass is 190 g/mol. The van der Waals surface area contributed by atoms with Crippen LogP contribution in [-0.4, -0.2) is 20.3 Å². The van der Waals surface area contributed by atoms with E-state index in [0.29, 0.717) is 30.5 Å². The summed E-state index contributed by atoms with van der Waals surface area (Å²) in [7, 11) is 1.58. The minimum Gasteiger partial charge on any atom is -0.493 e. The molecule has 0 radical (unpaired) electrons. The van der Waals surface area contributed by atoms with Crippen molar-refractivity contribution in [2.45, 2.75) is 0 Å². The van der Waals surface area contributed by atoms with E-state index in [0.717, 1.165) is 5.56 Å². The van der Waals surface area contributed by atoms with Crippen LogP contribution in [0.5, 0.6) is 17.2 Å². The maximum absolute atomic E-state index is 5.43. The van der Waals surface area contributed by atoms with Crippen LogP contribution in [0.25, 0.3) is 0 Å². The SMILES string of the molecule is C#Cc1cc(OC)c2c(c1)OCCO2. The van der Waals surface area contributed by atoms with Crippen molar-refractivity contribution in [2.75, 3.05) is 20.3 Å². The lowest BCUT2D eigenvalue weighted by Gasteiger charge is -2.20. The number of hydrogen-bond acceptors (Lipinski definition) is 3. The molecule has 1 heterocycles. The molecule has 72 valence electrons. The molecule has 0 N–H and O–H groups in total. The molecule has 1 aliphatic heterocycles. The maximum atomic E-state index is 5.43. The molecule has 0 amide bonds. The molecular formula is C11H10O3. The fourth-order valence-corrected chi connectivity index (χ4v) is 1.36. The van der Waals surface area contributed by atoms with Gasteiger partial charge in [0.2, 0.25) is 5.75 Å². The van der Waals surface area contributed by atoms with Crippen LogP contribution in [0.1, 0.15) is 5.56 Å². The van der Waals surface area contributed by atoms with E-state index < -0.39 is 0 Å². The molecule has 0 aromatic heterocycles. The van der Waals surface area contributed by atoms with E-state index >= 15 is 0 Å². The van der Waals surface area contributed by atoms with Crippen LogP contribution in [0.2, 0.25) is 0 Å². The Balaban J connectivity index is 2.54. The molecule has 0 aliphatic carbocycles. The van der Waals surface area contributed by atoms with Crippen molar-refractivity contribution in [3.05, 3.63) is 17.7 Å². The van der Waals surface area contributed by atoms with E-state index in [1.165, 1.54) is 0 Å². The van der Waals surface area contributed by atoms with Gasteiger partial charge in [0, 0.05) is 5.56 Å². The van der Waals surface area contributed by atoms with Gasteiger partial charge >= 0.3 is 0 Å². The predicted molar refractivity (Wildman–Crippen MR) is 51.9 cm³/mol. The zero-order valence-electron chi connectivity index (χ0n) is 7.87. The van der Waals surface area contributed by atoms with Crippen LogP contribution in [0.3, 0.4) is 0 Å². The molecule has 2 rings (SSSR count). The summed E-state index contributed by atoms with van der Waals surface area (Å²) in [6.45, 7) is 1.09. The summed E-state index contributed by atoms with van der Waals surface area (Å²) in [5, 5.41) is 0. The molecular weight excluding hydrogens is 180 g/mol. The molecule has 0 unspecified atom stereocenters. The lowest BCUT2D eigenvalue weighted by atomic mass is 10.2. The van der Waals surface area contributed by atoms with Gasteiger partial charge in [-0.25, -0.2) is 0 Å². The Bertz CT molecular complexity index is 373. The molecule has 3 heteroatoms. The van der Waals surface area contributed by atoms with E-state index in [2.05, 4.69) is 5.92 Å². The Morgan fingerprint density at radius 2 is 2.14 bits per heavy atom. The second-order valence-corrected chi connectivity index (χ2v) is 2.85. The maximum Gasteiger partial charge on any atom is 0.203 e. The smallest absolute Gasteiger partial charge is 0.203 e. The summed E-state index contributed by atoms with van der Waals surface area (Å²) in [5.74, 6) is 4.45. The molecule has 1 aromatic rings. The molecule has 3 nitrogen and oxygen atoms in total. The fraction of sp³-hybridized carbons (Fsp3) is 0.273. The van der Waals surface area contributed by atoms with Crippen LogP contribution in [-0.2, 0) is 0 Å². The molecule has 14 heavy (non-hydrogen) atoms. The number of hydrogen-bond donors (Lipinski definition) is 0. The Morgan fingerprint density at radius 1 is 1.36 bits per heavy atom. The number of terminal acetylenes is 1. The van der Waals surface area contributed by atoms with Crippen molar-refractivity contribution < 1.29 is 14.2 Å². The summed E-state index contributed by atoms with van der Waals surface area (Å²) in [6, 6.07) is 3.53. The van der Waals surface area contributed by atoms with Gasteiger partial charge in [0.15, 0.2) is 11.5 Å². The van der Waals surface area contributed by atoms with E-state index in [9.17, 15) is 0 Å². The highest BCUT2D eigenvalue weighted by Crippen LogP contribution is 2.40. The minimum absolute atomic E-state index is 0.540. The van der Waals surface area contributed by atoms with Gasteiger partial charge in [-0.2, -0.15) is 0 Å². The van der Waals surface area contributed by atoms with Crippen molar-refractivity contribution in [3.8, 4) is 29.6 Å². The topological polar surface area (TPSA) is 27.7 Å². The zero-order chi connectivity index (χ0) is 9.97. The quantitative estimate of drug-likeness (QED) is 0.627. The Labute approximate surface area is 82.6 Å². The highest BCUT2D eigenvalue weighted by molar-refractivity contribution is 5.57. The summed E-state index contributed by atoms with van der Waals surface area (Å²) < 4.78 is 16.0. The molecule has 0 spiro atoms. The van der Waals surface area contributed by atoms with Gasteiger partial charge in [0.1, 0.15) is 13.2 Å². The van der Waals surface area contributed by atoms with Crippen LogP contribution < -0.4 is 14.2 Å². The van der Waals surface area contributed by atoms with Crippen molar-refractivity contribution in [3.63, 3.8) is 0 Å². The van der Waals surface area contributed by atoms with E-state index in [4.69, 9.17) is 20.6 Å². The first kappa shape index (κ1) is 8.76. The van der Waals surface area contributed by atoms with E-state index in [1.54, 1.807) is 19.2 Å². The van der Waals surface area contributed by atoms with Gasteiger partial charge in [0.25, 0.3) is 0 Å². The van der Waals surface area contributed by atoms with Gasteiger partial charge in [0.05, 0.1) is 7.11 Å². The Kier molecular flexibility index (Phi) is 2.19. The van der Waals surface area contributed by atoms with Crippen LogP contribution in [0.4, 0.5) is 0 Å². The van der Waals surface area contributed by atoms with Crippen molar-refractivity contribution in [1.29, 1.82) is 0 Å². The Morgan fingerprint density at radius 3 is 2.86 bits per heavy atom. The molecule has 0 saturated heterocycles. The summed E-state index contributed by atoms with van der Waals surface area (Å²) in [6.07, 6.45) is 5.30. The first-order valence-corrected chi connectivity index (χ1v) is 4.29. The van der Waals surface area contributed by atoms with E-state index in [-0.39, 0.29) is 0 Å². The first-order chi connectivity index (χ1) is 6.85. The standard InChI is InChI=1S/C11H10O3/c1-3-8-6-9(12-2)11-10(7-8)13-4-5-14-11/h1,6-7H,4-5H2,2H3. The zero-order valence-corrected chi connectivity index (χ0v) is 7.87. The van der Waals surface area contributed by atoms with E-state index in [1.807, 2.05) is 0 Å². The first-order valence-electron chi connectivity index (χ1n) is 4.29. The van der Waals surface area contributed by atoms with Crippen LogP contribution in [0, 0.1) is 12.3 Å². The number of ether oxygens (including phenoxy) is 3. The second kappa shape index (κ2) is 3.51. The average Bonchev–Trinajstić information content (AvgIpc) is 2.27. The van der Waals surface area contributed by atoms with Crippen molar-refractivity contribution >= 4 is 0 Å². The average molecular weight is 190 g/mol. The van der Waals surface area contributed by atoms with Crippen molar-refractivity contribution in [1.82, 2.24) is 0 Å². The lowest BCUT2D eigenvalue weighted by molar-refractivity contribution is 0.165. The van der Waals surface area contributed by atoms with Gasteiger partial charge in [-0.3, -0.25) is 0 Å². The summed E-state index contributed by atoms with van der Waals surface area (Å²) in [5.41, 5.74) is 0.728. The third kappa shape index (κ3) is 1.35. The van der Waals surface area contributed by atoms with Gasteiger partial charge in [-0.1, -0.05) is 5.92 Å². The lowest BCUT2D eigenvalue weighted by Crippen LogP contribution is -2.16. The van der Waals surface area contributed by atoms with Gasteiger partial charge in [-0.05, 0) is 12.1 Å². The fourth-order valence-electron chi connectivity index (χ4n) is 1.36. The predicted octanol–water partition coefficient (Wildman–Crippen LogP) is 1.45. The summed E-state index contributed by atoms with van der Waals surface area (Å²) >= 11 is 0. The number of benzene rings is 1. The minimum atomic E-state index is 0.540. The largest absolute Gasteiger partial charge is 0.493 e. The normalized spacial score (nSPS) is 13.1. The molecule has 1 aliphatic rings. The number of fused-ring (bicyclic) bond motifs is 1. The van der Waals surface area contributed by atoms with Crippen molar-refractivity contribution in [2.24, 2.45) is 0 Å². The summed E-state index contributed by atoms with van der Waals surface area (Å²) in [4.78, 5) is 0. The molecule has 0 fully saturated rings. The molecule has 0 atom stereocenters.